The summed E-state index contributed by atoms with van der Waals surface area (Å²) in [5.74, 6) is 0.715. The van der Waals surface area contributed by atoms with E-state index in [2.05, 4.69) is 29.6 Å². The zero-order valence-corrected chi connectivity index (χ0v) is 20.8. The first kappa shape index (κ1) is 23.3. The molecule has 0 radical (unpaired) electrons. The van der Waals surface area contributed by atoms with Crippen LogP contribution in [-0.2, 0) is 22.6 Å². The Morgan fingerprint density at radius 2 is 1.78 bits per heavy atom. The van der Waals surface area contributed by atoms with E-state index in [1.54, 1.807) is 21.9 Å². The van der Waals surface area contributed by atoms with E-state index in [0.29, 0.717) is 30.6 Å². The number of hydrogen-bond donors (Lipinski definition) is 1. The van der Waals surface area contributed by atoms with Crippen LogP contribution in [0.5, 0.6) is 5.75 Å². The van der Waals surface area contributed by atoms with Gasteiger partial charge in [0.15, 0.2) is 0 Å². The fourth-order valence-electron chi connectivity index (χ4n) is 5.73. The molecule has 1 N–H and O–H groups in total. The number of nitrogens with one attached hydrogen (secondary N) is 1. The van der Waals surface area contributed by atoms with Gasteiger partial charge in [-0.2, -0.15) is 0 Å². The molecule has 3 amide bonds. The molecule has 3 aliphatic heterocycles. The Bertz CT molecular complexity index is 1400. The summed E-state index contributed by atoms with van der Waals surface area (Å²) in [5.41, 5.74) is 4.94. The minimum Gasteiger partial charge on any atom is -0.493 e. The molecule has 7 heteroatoms. The van der Waals surface area contributed by atoms with Crippen LogP contribution in [0.1, 0.15) is 47.7 Å². The molecule has 1 atom stereocenters. The van der Waals surface area contributed by atoms with Crippen LogP contribution < -0.4 is 15.0 Å². The van der Waals surface area contributed by atoms with Crippen LogP contribution in [0.25, 0.3) is 11.1 Å². The van der Waals surface area contributed by atoms with Crippen LogP contribution in [0, 0.1) is 0 Å². The highest BCUT2D eigenvalue weighted by molar-refractivity contribution is 6.10. The van der Waals surface area contributed by atoms with Gasteiger partial charge in [0.1, 0.15) is 11.4 Å². The second kappa shape index (κ2) is 9.07. The summed E-state index contributed by atoms with van der Waals surface area (Å²) in [6.07, 6.45) is 2.05. The third-order valence-corrected chi connectivity index (χ3v) is 7.77. The van der Waals surface area contributed by atoms with Gasteiger partial charge < -0.3 is 15.0 Å². The van der Waals surface area contributed by atoms with Crippen molar-refractivity contribution in [2.24, 2.45) is 0 Å². The quantitative estimate of drug-likeness (QED) is 0.553. The van der Waals surface area contributed by atoms with Gasteiger partial charge in [-0.25, -0.2) is 0 Å². The first-order valence-electron chi connectivity index (χ1n) is 12.8. The highest BCUT2D eigenvalue weighted by atomic mass is 16.5. The molecule has 0 spiro atoms. The number of anilines is 1. The van der Waals surface area contributed by atoms with Crippen molar-refractivity contribution < 1.29 is 19.1 Å². The van der Waals surface area contributed by atoms with Gasteiger partial charge in [0, 0.05) is 32.4 Å². The van der Waals surface area contributed by atoms with Crippen molar-refractivity contribution in [2.75, 3.05) is 18.1 Å². The van der Waals surface area contributed by atoms with Crippen LogP contribution in [0.2, 0.25) is 0 Å². The predicted molar refractivity (Wildman–Crippen MR) is 140 cm³/mol. The highest BCUT2D eigenvalue weighted by Crippen LogP contribution is 2.44. The molecule has 3 aromatic rings. The Morgan fingerprint density at radius 1 is 1.00 bits per heavy atom. The Morgan fingerprint density at radius 3 is 2.62 bits per heavy atom. The molecule has 0 saturated carbocycles. The molecule has 3 heterocycles. The minimum absolute atomic E-state index is 0.00794. The lowest BCUT2D eigenvalue weighted by Gasteiger charge is -2.48. The normalized spacial score (nSPS) is 19.8. The van der Waals surface area contributed by atoms with Crippen LogP contribution in [0.3, 0.4) is 0 Å². The summed E-state index contributed by atoms with van der Waals surface area (Å²) in [4.78, 5) is 42.2. The molecule has 3 aliphatic rings. The number of fused-ring (bicyclic) bond motifs is 4. The lowest BCUT2D eigenvalue weighted by atomic mass is 9.98. The summed E-state index contributed by atoms with van der Waals surface area (Å²) in [6, 6.07) is 21.7. The van der Waals surface area contributed by atoms with Gasteiger partial charge in [-0.15, -0.1) is 0 Å². The Hall–Kier alpha value is -4.13. The number of carbonyl (C=O) groups is 3. The van der Waals surface area contributed by atoms with Crippen molar-refractivity contribution in [3.8, 4) is 16.9 Å². The third kappa shape index (κ3) is 4.04. The first-order chi connectivity index (χ1) is 17.9. The zero-order chi connectivity index (χ0) is 25.6. The van der Waals surface area contributed by atoms with Crippen molar-refractivity contribution in [2.45, 2.75) is 44.8 Å². The van der Waals surface area contributed by atoms with Gasteiger partial charge in [0.25, 0.3) is 5.91 Å². The van der Waals surface area contributed by atoms with Gasteiger partial charge in [-0.05, 0) is 59.9 Å². The second-order valence-corrected chi connectivity index (χ2v) is 10.1. The van der Waals surface area contributed by atoms with E-state index in [1.165, 1.54) is 5.56 Å². The van der Waals surface area contributed by atoms with Crippen LogP contribution in [0.4, 0.5) is 5.69 Å². The Labute approximate surface area is 216 Å². The summed E-state index contributed by atoms with van der Waals surface area (Å²) in [5, 5.41) is 2.97. The van der Waals surface area contributed by atoms with Gasteiger partial charge in [-0.1, -0.05) is 42.5 Å². The SMILES string of the molecule is CC12CCC(=O)N1c1ccccc1C(=O)N2CCC(=O)NCc1ccc(-c2ccc3c(c2)CCO3)cc1. The molecule has 1 saturated heterocycles. The fourth-order valence-corrected chi connectivity index (χ4v) is 5.73. The maximum absolute atomic E-state index is 13.3. The molecule has 7 nitrogen and oxygen atoms in total. The molecule has 0 aliphatic carbocycles. The van der Waals surface area contributed by atoms with Crippen LogP contribution in [-0.4, -0.2) is 41.4 Å². The highest BCUT2D eigenvalue weighted by Gasteiger charge is 2.52. The number of rotatable bonds is 6. The van der Waals surface area contributed by atoms with Crippen molar-refractivity contribution in [3.63, 3.8) is 0 Å². The number of amides is 3. The summed E-state index contributed by atoms with van der Waals surface area (Å²) >= 11 is 0. The molecule has 0 aromatic heterocycles. The van der Waals surface area contributed by atoms with Crippen molar-refractivity contribution in [1.29, 1.82) is 0 Å². The summed E-state index contributed by atoms with van der Waals surface area (Å²) in [7, 11) is 0. The average Bonchev–Trinajstić information content (AvgIpc) is 3.51. The lowest BCUT2D eigenvalue weighted by Crippen LogP contribution is -2.62. The minimum atomic E-state index is -0.748. The van der Waals surface area contributed by atoms with Gasteiger partial charge in [-0.3, -0.25) is 19.3 Å². The maximum Gasteiger partial charge on any atom is 0.257 e. The molecule has 6 rings (SSSR count). The summed E-state index contributed by atoms with van der Waals surface area (Å²) in [6.45, 7) is 3.32. The van der Waals surface area contributed by atoms with Crippen molar-refractivity contribution in [1.82, 2.24) is 10.2 Å². The number of ether oxygens (including phenoxy) is 1. The van der Waals surface area contributed by atoms with Crippen LogP contribution in [0.15, 0.2) is 66.7 Å². The molecule has 1 unspecified atom stereocenters. The molecule has 1 fully saturated rings. The van der Waals surface area contributed by atoms with E-state index in [4.69, 9.17) is 4.74 Å². The number of hydrogen-bond acceptors (Lipinski definition) is 4. The Kier molecular flexibility index (Phi) is 5.71. The van der Waals surface area contributed by atoms with Gasteiger partial charge >= 0.3 is 0 Å². The molecular formula is C30H29N3O4. The van der Waals surface area contributed by atoms with E-state index in [9.17, 15) is 14.4 Å². The largest absolute Gasteiger partial charge is 0.493 e. The fraction of sp³-hybridized carbons (Fsp3) is 0.300. The van der Waals surface area contributed by atoms with Gasteiger partial charge in [0.05, 0.1) is 17.9 Å². The van der Waals surface area contributed by atoms with E-state index in [0.717, 1.165) is 35.5 Å². The monoisotopic (exact) mass is 495 g/mol. The first-order valence-corrected chi connectivity index (χ1v) is 12.8. The molecule has 3 aromatic carbocycles. The smallest absolute Gasteiger partial charge is 0.257 e. The van der Waals surface area contributed by atoms with Crippen LogP contribution >= 0.6 is 0 Å². The predicted octanol–water partition coefficient (Wildman–Crippen LogP) is 4.29. The Balaban J connectivity index is 1.08. The van der Waals surface area contributed by atoms with Crippen molar-refractivity contribution >= 4 is 23.4 Å². The third-order valence-electron chi connectivity index (χ3n) is 7.77. The molecular weight excluding hydrogens is 466 g/mol. The molecule has 0 bridgehead atoms. The number of nitrogens with zero attached hydrogens (tertiary/aromatic N) is 2. The zero-order valence-electron chi connectivity index (χ0n) is 20.8. The molecule has 37 heavy (non-hydrogen) atoms. The number of para-hydroxylation sites is 1. The van der Waals surface area contributed by atoms with E-state index in [-0.39, 0.29) is 30.7 Å². The van der Waals surface area contributed by atoms with E-state index < -0.39 is 5.66 Å². The average molecular weight is 496 g/mol. The van der Waals surface area contributed by atoms with Crippen molar-refractivity contribution in [3.05, 3.63) is 83.4 Å². The topological polar surface area (TPSA) is 79.0 Å². The standard InChI is InChI=1S/C30H29N3O4/c1-30-15-12-28(35)33(30)25-5-3-2-4-24(25)29(36)32(30)16-13-27(34)31-19-20-6-8-21(9-7-20)22-10-11-26-23(18-22)14-17-37-26/h2-11,18H,12-17,19H2,1H3,(H,31,34). The van der Waals surface area contributed by atoms with Gasteiger partial charge in [0.2, 0.25) is 11.8 Å². The maximum atomic E-state index is 13.3. The summed E-state index contributed by atoms with van der Waals surface area (Å²) < 4.78 is 5.59. The second-order valence-electron chi connectivity index (χ2n) is 10.1. The molecule has 188 valence electrons. The van der Waals surface area contributed by atoms with E-state index >= 15 is 0 Å². The lowest BCUT2D eigenvalue weighted by molar-refractivity contribution is -0.121. The van der Waals surface area contributed by atoms with E-state index in [1.807, 2.05) is 37.3 Å². The number of benzene rings is 3. The number of carbonyl (C=O) groups excluding carboxylic acids is 3.